The van der Waals surface area contributed by atoms with E-state index in [0.717, 1.165) is 39.9 Å². The number of para-hydroxylation sites is 1. The molecule has 0 aliphatic rings. The lowest BCUT2D eigenvalue weighted by atomic mass is 10.1. The molecule has 0 saturated heterocycles. The Kier molecular flexibility index (Phi) is 5.42. The minimum Gasteiger partial charge on any atom is -0.320 e. The quantitative estimate of drug-likeness (QED) is 0.882. The summed E-state index contributed by atoms with van der Waals surface area (Å²) in [6, 6.07) is 8.09. The normalized spacial score (nSPS) is 11.2. The van der Waals surface area contributed by atoms with Crippen LogP contribution in [-0.2, 0) is 14.8 Å². The predicted molar refractivity (Wildman–Crippen MR) is 93.1 cm³/mol. The lowest BCUT2D eigenvalue weighted by Crippen LogP contribution is -2.37. The standard InChI is InChI=1S/C17H18F2N2O3S/c1-11-7-8-13(9-12(11)2)21(25(3,23)24)10-16(22)20-17-14(18)5-4-6-15(17)19/h4-9H,10H2,1-3H3,(H,20,22). The van der Waals surface area contributed by atoms with Gasteiger partial charge in [-0.1, -0.05) is 12.1 Å². The summed E-state index contributed by atoms with van der Waals surface area (Å²) in [5.41, 5.74) is 1.51. The fourth-order valence-corrected chi connectivity index (χ4v) is 3.06. The van der Waals surface area contributed by atoms with Crippen molar-refractivity contribution in [2.45, 2.75) is 13.8 Å². The molecule has 25 heavy (non-hydrogen) atoms. The van der Waals surface area contributed by atoms with E-state index in [-0.39, 0.29) is 0 Å². The van der Waals surface area contributed by atoms with Gasteiger partial charge in [0.25, 0.3) is 0 Å². The van der Waals surface area contributed by atoms with E-state index >= 15 is 0 Å². The van der Waals surface area contributed by atoms with Crippen molar-refractivity contribution in [1.29, 1.82) is 0 Å². The van der Waals surface area contributed by atoms with Gasteiger partial charge in [-0.2, -0.15) is 0 Å². The first-order valence-electron chi connectivity index (χ1n) is 7.38. The number of halogens is 2. The molecule has 2 rings (SSSR count). The molecule has 134 valence electrons. The van der Waals surface area contributed by atoms with Crippen molar-refractivity contribution in [3.05, 3.63) is 59.2 Å². The number of anilines is 2. The first-order valence-corrected chi connectivity index (χ1v) is 9.23. The minimum absolute atomic E-state index is 0.301. The highest BCUT2D eigenvalue weighted by molar-refractivity contribution is 7.92. The predicted octanol–water partition coefficient (Wildman–Crippen LogP) is 2.99. The second-order valence-corrected chi connectivity index (χ2v) is 7.59. The van der Waals surface area contributed by atoms with E-state index in [1.54, 1.807) is 18.2 Å². The second-order valence-electron chi connectivity index (χ2n) is 5.68. The Morgan fingerprint density at radius 3 is 2.20 bits per heavy atom. The van der Waals surface area contributed by atoms with E-state index in [9.17, 15) is 22.0 Å². The van der Waals surface area contributed by atoms with E-state index < -0.39 is 39.8 Å². The summed E-state index contributed by atoms with van der Waals surface area (Å²) in [7, 11) is -3.77. The zero-order chi connectivity index (χ0) is 18.8. The first kappa shape index (κ1) is 18.9. The van der Waals surface area contributed by atoms with E-state index in [1.165, 1.54) is 0 Å². The van der Waals surface area contributed by atoms with Crippen molar-refractivity contribution in [2.75, 3.05) is 22.4 Å². The molecular weight excluding hydrogens is 350 g/mol. The van der Waals surface area contributed by atoms with Crippen molar-refractivity contribution in [3.63, 3.8) is 0 Å². The van der Waals surface area contributed by atoms with Crippen molar-refractivity contribution in [2.24, 2.45) is 0 Å². The number of hydrogen-bond donors (Lipinski definition) is 1. The van der Waals surface area contributed by atoms with Crippen LogP contribution in [0.5, 0.6) is 0 Å². The van der Waals surface area contributed by atoms with Gasteiger partial charge in [0, 0.05) is 0 Å². The number of amides is 1. The Bertz CT molecular complexity index is 894. The topological polar surface area (TPSA) is 66.5 Å². The number of hydrogen-bond acceptors (Lipinski definition) is 3. The molecule has 0 unspecified atom stereocenters. The summed E-state index contributed by atoms with van der Waals surface area (Å²) >= 11 is 0. The van der Waals surface area contributed by atoms with Crippen LogP contribution in [0.15, 0.2) is 36.4 Å². The summed E-state index contributed by atoms with van der Waals surface area (Å²) in [5.74, 6) is -2.73. The third kappa shape index (κ3) is 4.54. The van der Waals surface area contributed by atoms with Gasteiger partial charge in [0.05, 0.1) is 11.9 Å². The number of benzene rings is 2. The molecule has 0 atom stereocenters. The number of nitrogens with one attached hydrogen (secondary N) is 1. The Morgan fingerprint density at radius 1 is 1.08 bits per heavy atom. The molecule has 0 spiro atoms. The van der Waals surface area contributed by atoms with Gasteiger partial charge >= 0.3 is 0 Å². The summed E-state index contributed by atoms with van der Waals surface area (Å²) in [4.78, 5) is 12.1. The summed E-state index contributed by atoms with van der Waals surface area (Å²) < 4.78 is 52.2. The zero-order valence-corrected chi connectivity index (χ0v) is 14.8. The van der Waals surface area contributed by atoms with E-state index in [1.807, 2.05) is 13.8 Å². The first-order chi connectivity index (χ1) is 11.6. The molecule has 1 amide bonds. The van der Waals surface area contributed by atoms with Crippen LogP contribution in [0.1, 0.15) is 11.1 Å². The van der Waals surface area contributed by atoms with Gasteiger partial charge < -0.3 is 5.32 Å². The third-order valence-corrected chi connectivity index (χ3v) is 4.83. The van der Waals surface area contributed by atoms with E-state index in [4.69, 9.17) is 0 Å². The number of carbonyl (C=O) groups excluding carboxylic acids is 1. The average molecular weight is 368 g/mol. The molecule has 0 radical (unpaired) electrons. The molecule has 0 aromatic heterocycles. The van der Waals surface area contributed by atoms with Crippen molar-refractivity contribution >= 4 is 27.3 Å². The average Bonchev–Trinajstić information content (AvgIpc) is 2.50. The number of carbonyl (C=O) groups is 1. The maximum atomic E-state index is 13.6. The Labute approximate surface area is 145 Å². The van der Waals surface area contributed by atoms with Gasteiger partial charge in [-0.05, 0) is 49.2 Å². The largest absolute Gasteiger partial charge is 0.320 e. The van der Waals surface area contributed by atoms with Crippen molar-refractivity contribution in [3.8, 4) is 0 Å². The van der Waals surface area contributed by atoms with Crippen LogP contribution in [0, 0.1) is 25.5 Å². The van der Waals surface area contributed by atoms with Crippen LogP contribution in [0.25, 0.3) is 0 Å². The van der Waals surface area contributed by atoms with Crippen LogP contribution in [0.3, 0.4) is 0 Å². The molecule has 2 aromatic rings. The van der Waals surface area contributed by atoms with Crippen LogP contribution in [0.4, 0.5) is 20.2 Å². The molecule has 0 aliphatic carbocycles. The minimum atomic E-state index is -3.77. The SMILES string of the molecule is Cc1ccc(N(CC(=O)Nc2c(F)cccc2F)S(C)(=O)=O)cc1C. The highest BCUT2D eigenvalue weighted by Crippen LogP contribution is 2.22. The van der Waals surface area contributed by atoms with Gasteiger partial charge in [0.2, 0.25) is 15.9 Å². The summed E-state index contributed by atoms with van der Waals surface area (Å²) in [6.07, 6.45) is 0.957. The van der Waals surface area contributed by atoms with E-state index in [0.29, 0.717) is 5.69 Å². The van der Waals surface area contributed by atoms with Crippen LogP contribution >= 0.6 is 0 Å². The number of sulfonamides is 1. The van der Waals surface area contributed by atoms with Gasteiger partial charge in [-0.3, -0.25) is 9.10 Å². The lowest BCUT2D eigenvalue weighted by molar-refractivity contribution is -0.114. The zero-order valence-electron chi connectivity index (χ0n) is 14.0. The summed E-state index contributed by atoms with van der Waals surface area (Å²) in [6.45, 7) is 3.08. The number of rotatable bonds is 5. The van der Waals surface area contributed by atoms with E-state index in [2.05, 4.69) is 5.32 Å². The molecule has 5 nitrogen and oxygen atoms in total. The van der Waals surface area contributed by atoms with Gasteiger partial charge in [-0.25, -0.2) is 17.2 Å². The maximum absolute atomic E-state index is 13.6. The molecule has 0 aliphatic heterocycles. The van der Waals surface area contributed by atoms with Crippen molar-refractivity contribution in [1.82, 2.24) is 0 Å². The van der Waals surface area contributed by atoms with Crippen LogP contribution < -0.4 is 9.62 Å². The molecular formula is C17H18F2N2O3S. The maximum Gasteiger partial charge on any atom is 0.245 e. The fraction of sp³-hybridized carbons (Fsp3) is 0.235. The molecule has 0 heterocycles. The molecule has 2 aromatic carbocycles. The number of aryl methyl sites for hydroxylation is 2. The van der Waals surface area contributed by atoms with Crippen LogP contribution in [-0.4, -0.2) is 27.1 Å². The Morgan fingerprint density at radius 2 is 1.68 bits per heavy atom. The summed E-state index contributed by atoms with van der Waals surface area (Å²) in [5, 5.41) is 2.08. The van der Waals surface area contributed by atoms with Gasteiger partial charge in [0.1, 0.15) is 23.9 Å². The highest BCUT2D eigenvalue weighted by Gasteiger charge is 2.22. The van der Waals surface area contributed by atoms with Gasteiger partial charge in [-0.15, -0.1) is 0 Å². The second kappa shape index (κ2) is 7.18. The molecule has 0 bridgehead atoms. The smallest absolute Gasteiger partial charge is 0.245 e. The molecule has 8 heteroatoms. The molecule has 0 fully saturated rings. The lowest BCUT2D eigenvalue weighted by Gasteiger charge is -2.22. The highest BCUT2D eigenvalue weighted by atomic mass is 32.2. The molecule has 1 N–H and O–H groups in total. The van der Waals surface area contributed by atoms with Crippen LogP contribution in [0.2, 0.25) is 0 Å². The van der Waals surface area contributed by atoms with Crippen molar-refractivity contribution < 1.29 is 22.0 Å². The molecule has 0 saturated carbocycles. The Hall–Kier alpha value is -2.48. The Balaban J connectivity index is 2.29. The fourth-order valence-electron chi connectivity index (χ4n) is 2.21. The third-order valence-electron chi connectivity index (χ3n) is 3.69. The number of nitrogens with zero attached hydrogens (tertiary/aromatic N) is 1. The monoisotopic (exact) mass is 368 g/mol. The van der Waals surface area contributed by atoms with Gasteiger partial charge in [0.15, 0.2) is 0 Å².